The maximum Gasteiger partial charge on any atom is 0.490 e. The van der Waals surface area contributed by atoms with Crippen molar-refractivity contribution in [3.8, 4) is 0 Å². The molecule has 0 aromatic carbocycles. The van der Waals surface area contributed by atoms with E-state index in [0.29, 0.717) is 38.7 Å². The van der Waals surface area contributed by atoms with Crippen molar-refractivity contribution in [1.82, 2.24) is 25.0 Å². The molecule has 2 saturated heterocycles. The van der Waals surface area contributed by atoms with Gasteiger partial charge < -0.3 is 14.7 Å². The number of halogens is 4. The van der Waals surface area contributed by atoms with Crippen LogP contribution in [-0.4, -0.2) is 93.2 Å². The zero-order valence-electron chi connectivity index (χ0n) is 15.8. The molecule has 3 rings (SSSR count). The Morgan fingerprint density at radius 1 is 1.31 bits per heavy atom. The summed E-state index contributed by atoms with van der Waals surface area (Å²) in [5.74, 6) is -1.33. The SMILES string of the molecule is CCc1n[nH]c(CN2C[C@H](F)C[C@H]2C(=O)N2CCOCC2)n1.O=C(O)C(F)(F)F. The summed E-state index contributed by atoms with van der Waals surface area (Å²) in [5.41, 5.74) is 0. The minimum absolute atomic E-state index is 0.00122. The van der Waals surface area contributed by atoms with Gasteiger partial charge in [0.2, 0.25) is 5.91 Å². The third-order valence-electron chi connectivity index (χ3n) is 4.45. The van der Waals surface area contributed by atoms with Crippen LogP contribution >= 0.6 is 0 Å². The number of carbonyl (C=O) groups excluding carboxylic acids is 1. The second kappa shape index (κ2) is 9.96. The Hall–Kier alpha value is -2.28. The number of hydrogen-bond acceptors (Lipinski definition) is 6. The molecule has 1 aromatic heterocycles. The van der Waals surface area contributed by atoms with Gasteiger partial charge in [-0.25, -0.2) is 14.2 Å². The summed E-state index contributed by atoms with van der Waals surface area (Å²) >= 11 is 0. The van der Waals surface area contributed by atoms with Crippen molar-refractivity contribution in [1.29, 1.82) is 0 Å². The molecule has 0 unspecified atom stereocenters. The highest BCUT2D eigenvalue weighted by atomic mass is 19.4. The van der Waals surface area contributed by atoms with E-state index in [2.05, 4.69) is 15.2 Å². The molecule has 1 amide bonds. The van der Waals surface area contributed by atoms with Crippen LogP contribution in [0.1, 0.15) is 25.0 Å². The van der Waals surface area contributed by atoms with Crippen LogP contribution in [0, 0.1) is 0 Å². The first-order chi connectivity index (χ1) is 13.6. The second-order valence-electron chi connectivity index (χ2n) is 6.57. The third kappa shape index (κ3) is 6.63. The second-order valence-corrected chi connectivity index (χ2v) is 6.57. The number of H-pyrrole nitrogens is 1. The number of nitrogens with zero attached hydrogens (tertiary/aromatic N) is 4. The fourth-order valence-electron chi connectivity index (χ4n) is 3.03. The van der Waals surface area contributed by atoms with Gasteiger partial charge in [0.05, 0.1) is 25.8 Å². The van der Waals surface area contributed by atoms with Gasteiger partial charge >= 0.3 is 12.1 Å². The predicted octanol–water partition coefficient (Wildman–Crippen LogP) is 0.772. The zero-order valence-corrected chi connectivity index (χ0v) is 15.8. The van der Waals surface area contributed by atoms with E-state index in [-0.39, 0.29) is 18.9 Å². The van der Waals surface area contributed by atoms with E-state index in [1.807, 2.05) is 11.8 Å². The molecule has 164 valence electrons. The quantitative estimate of drug-likeness (QED) is 0.686. The topological polar surface area (TPSA) is 112 Å². The van der Waals surface area contributed by atoms with E-state index in [0.717, 1.165) is 12.2 Å². The number of aliphatic carboxylic acids is 1. The standard InChI is InChI=1S/C14H22FN5O2.C2HF3O2/c1-2-12-16-13(18-17-12)9-20-8-10(15)7-11(20)14(21)19-3-5-22-6-4-19;3-2(4,5)1(6)7/h10-11H,2-9H2,1H3,(H,16,17,18);(H,6,7)/t10-,11+;/m1./s1. The van der Waals surface area contributed by atoms with Crippen LogP contribution in [0.4, 0.5) is 17.6 Å². The fourth-order valence-corrected chi connectivity index (χ4v) is 3.03. The van der Waals surface area contributed by atoms with E-state index in [1.165, 1.54) is 0 Å². The van der Waals surface area contributed by atoms with Gasteiger partial charge in [-0.2, -0.15) is 18.3 Å². The van der Waals surface area contributed by atoms with E-state index < -0.39 is 24.4 Å². The van der Waals surface area contributed by atoms with Crippen LogP contribution < -0.4 is 0 Å². The van der Waals surface area contributed by atoms with E-state index >= 15 is 0 Å². The monoisotopic (exact) mass is 425 g/mol. The van der Waals surface area contributed by atoms with Gasteiger partial charge in [-0.1, -0.05) is 6.92 Å². The van der Waals surface area contributed by atoms with Gasteiger partial charge in [-0.15, -0.1) is 0 Å². The number of rotatable bonds is 4. The fraction of sp³-hybridized carbons (Fsp3) is 0.750. The summed E-state index contributed by atoms with van der Waals surface area (Å²) in [6.45, 7) is 4.95. The maximum absolute atomic E-state index is 13.8. The number of aromatic amines is 1. The van der Waals surface area contributed by atoms with Crippen molar-refractivity contribution in [3.63, 3.8) is 0 Å². The van der Waals surface area contributed by atoms with Crippen LogP contribution in [0.3, 0.4) is 0 Å². The number of carboxylic acid groups (broad SMARTS) is 1. The van der Waals surface area contributed by atoms with Crippen molar-refractivity contribution >= 4 is 11.9 Å². The van der Waals surface area contributed by atoms with Gasteiger partial charge in [0, 0.05) is 32.5 Å². The molecule has 1 aromatic rings. The Morgan fingerprint density at radius 2 is 1.93 bits per heavy atom. The van der Waals surface area contributed by atoms with Crippen molar-refractivity contribution in [2.24, 2.45) is 0 Å². The molecule has 0 saturated carbocycles. The molecule has 2 fully saturated rings. The summed E-state index contributed by atoms with van der Waals surface area (Å²) in [6.07, 6.45) is -5.05. The van der Waals surface area contributed by atoms with Crippen LogP contribution in [0.2, 0.25) is 0 Å². The summed E-state index contributed by atoms with van der Waals surface area (Å²) in [4.78, 5) is 29.5. The number of aromatic nitrogens is 3. The number of aryl methyl sites for hydroxylation is 1. The predicted molar refractivity (Wildman–Crippen MR) is 90.6 cm³/mol. The Morgan fingerprint density at radius 3 is 2.45 bits per heavy atom. The van der Waals surface area contributed by atoms with Crippen LogP contribution in [-0.2, 0) is 27.3 Å². The highest BCUT2D eigenvalue weighted by molar-refractivity contribution is 5.82. The zero-order chi connectivity index (χ0) is 21.6. The molecule has 2 aliphatic rings. The maximum atomic E-state index is 13.8. The lowest BCUT2D eigenvalue weighted by Gasteiger charge is -2.32. The molecule has 0 radical (unpaired) electrons. The number of carbonyl (C=O) groups is 2. The number of nitrogens with one attached hydrogen (secondary N) is 1. The average molecular weight is 425 g/mol. The van der Waals surface area contributed by atoms with E-state index in [9.17, 15) is 22.4 Å². The number of likely N-dealkylation sites (tertiary alicyclic amines) is 1. The van der Waals surface area contributed by atoms with Gasteiger partial charge in [0.25, 0.3) is 0 Å². The first-order valence-corrected chi connectivity index (χ1v) is 9.06. The average Bonchev–Trinajstić information content (AvgIpc) is 3.28. The number of amides is 1. The van der Waals surface area contributed by atoms with Gasteiger partial charge in [0.1, 0.15) is 17.8 Å². The largest absolute Gasteiger partial charge is 0.490 e. The molecule has 3 heterocycles. The van der Waals surface area contributed by atoms with Crippen molar-refractivity contribution < 1.29 is 37.0 Å². The number of alkyl halides is 4. The van der Waals surface area contributed by atoms with Crippen LogP contribution in [0.25, 0.3) is 0 Å². The van der Waals surface area contributed by atoms with E-state index in [4.69, 9.17) is 14.6 Å². The highest BCUT2D eigenvalue weighted by Gasteiger charge is 2.40. The molecule has 2 atom stereocenters. The lowest BCUT2D eigenvalue weighted by atomic mass is 10.1. The molecular formula is C16H23F4N5O4. The van der Waals surface area contributed by atoms with E-state index in [1.54, 1.807) is 4.90 Å². The molecule has 0 aliphatic carbocycles. The first-order valence-electron chi connectivity index (χ1n) is 9.06. The number of hydrogen-bond donors (Lipinski definition) is 2. The summed E-state index contributed by atoms with van der Waals surface area (Å²) in [6, 6.07) is -0.414. The van der Waals surface area contributed by atoms with Gasteiger partial charge in [-0.3, -0.25) is 14.8 Å². The molecule has 13 heteroatoms. The Kier molecular flexibility index (Phi) is 7.90. The normalized spacial score (nSPS) is 22.9. The summed E-state index contributed by atoms with van der Waals surface area (Å²) < 4.78 is 50.8. The smallest absolute Gasteiger partial charge is 0.475 e. The molecule has 29 heavy (non-hydrogen) atoms. The molecule has 9 nitrogen and oxygen atoms in total. The molecular weight excluding hydrogens is 402 g/mol. The number of carboxylic acids is 1. The summed E-state index contributed by atoms with van der Waals surface area (Å²) in [5, 5.41) is 14.1. The Bertz CT molecular complexity index is 693. The summed E-state index contributed by atoms with van der Waals surface area (Å²) in [7, 11) is 0. The van der Waals surface area contributed by atoms with Crippen LogP contribution in [0.15, 0.2) is 0 Å². The molecule has 2 N–H and O–H groups in total. The number of morpholine rings is 1. The molecule has 0 bridgehead atoms. The van der Waals surface area contributed by atoms with Crippen LogP contribution in [0.5, 0.6) is 0 Å². The van der Waals surface area contributed by atoms with Gasteiger partial charge in [-0.05, 0) is 0 Å². The lowest BCUT2D eigenvalue weighted by molar-refractivity contribution is -0.192. The molecule has 2 aliphatic heterocycles. The molecule has 0 spiro atoms. The van der Waals surface area contributed by atoms with Crippen molar-refractivity contribution in [2.45, 2.75) is 44.7 Å². The Balaban J connectivity index is 0.000000370. The number of ether oxygens (including phenoxy) is 1. The van der Waals surface area contributed by atoms with Crippen molar-refractivity contribution in [3.05, 3.63) is 11.6 Å². The van der Waals surface area contributed by atoms with Crippen molar-refractivity contribution in [2.75, 3.05) is 32.8 Å². The minimum Gasteiger partial charge on any atom is -0.475 e. The third-order valence-corrected chi connectivity index (χ3v) is 4.45. The highest BCUT2D eigenvalue weighted by Crippen LogP contribution is 2.24. The minimum atomic E-state index is -5.08. The first kappa shape index (κ1) is 23.0. The van der Waals surface area contributed by atoms with Gasteiger partial charge in [0.15, 0.2) is 0 Å². The Labute approximate surface area is 164 Å². The lowest BCUT2D eigenvalue weighted by Crippen LogP contribution is -2.49.